The second-order valence-electron chi connectivity index (χ2n) is 7.59. The van der Waals surface area contributed by atoms with Crippen LogP contribution in [0.3, 0.4) is 0 Å². The highest BCUT2D eigenvalue weighted by atomic mass is 32.2. The van der Waals surface area contributed by atoms with Crippen molar-refractivity contribution in [2.75, 3.05) is 26.3 Å². The van der Waals surface area contributed by atoms with E-state index in [1.54, 1.807) is 38.1 Å². The van der Waals surface area contributed by atoms with E-state index in [9.17, 15) is 18.3 Å². The van der Waals surface area contributed by atoms with Gasteiger partial charge in [0.05, 0.1) is 22.6 Å². The summed E-state index contributed by atoms with van der Waals surface area (Å²) in [7, 11) is -3.87. The predicted octanol–water partition coefficient (Wildman–Crippen LogP) is 2.07. The molecule has 8 nitrogen and oxygen atoms in total. The van der Waals surface area contributed by atoms with Crippen molar-refractivity contribution in [2.24, 2.45) is 11.3 Å². The second-order valence-corrected chi connectivity index (χ2v) is 9.50. The Labute approximate surface area is 163 Å². The summed E-state index contributed by atoms with van der Waals surface area (Å²) in [6, 6.07) is 6.81. The van der Waals surface area contributed by atoms with E-state index in [1.165, 1.54) is 4.31 Å². The van der Waals surface area contributed by atoms with Gasteiger partial charge in [0.25, 0.3) is 0 Å². The van der Waals surface area contributed by atoms with Gasteiger partial charge in [-0.25, -0.2) is 8.42 Å². The van der Waals surface area contributed by atoms with Crippen LogP contribution in [0, 0.1) is 25.2 Å². The minimum Gasteiger partial charge on any atom is -0.481 e. The molecule has 2 fully saturated rings. The van der Waals surface area contributed by atoms with Gasteiger partial charge >= 0.3 is 5.97 Å². The van der Waals surface area contributed by atoms with Gasteiger partial charge in [-0.05, 0) is 31.9 Å². The van der Waals surface area contributed by atoms with Crippen molar-refractivity contribution in [2.45, 2.75) is 25.2 Å². The molecule has 0 amide bonds. The van der Waals surface area contributed by atoms with Gasteiger partial charge in [-0.15, -0.1) is 0 Å². The van der Waals surface area contributed by atoms with Crippen molar-refractivity contribution in [3.63, 3.8) is 0 Å². The number of nitrogens with zero attached hydrogens (tertiary/aromatic N) is 2. The monoisotopic (exact) mass is 406 g/mol. The van der Waals surface area contributed by atoms with Gasteiger partial charge in [0.2, 0.25) is 10.0 Å². The average Bonchev–Trinajstić information content (AvgIpc) is 3.26. The summed E-state index contributed by atoms with van der Waals surface area (Å²) in [6.45, 7) is 4.20. The first-order valence-corrected chi connectivity index (χ1v) is 10.5. The molecule has 0 radical (unpaired) electrons. The van der Waals surface area contributed by atoms with E-state index in [4.69, 9.17) is 9.26 Å². The third kappa shape index (κ3) is 2.94. The van der Waals surface area contributed by atoms with E-state index >= 15 is 0 Å². The quantitative estimate of drug-likeness (QED) is 0.827. The molecule has 2 saturated heterocycles. The lowest BCUT2D eigenvalue weighted by atomic mass is 9.74. The van der Waals surface area contributed by atoms with E-state index in [0.29, 0.717) is 35.6 Å². The number of hydrogen-bond acceptors (Lipinski definition) is 6. The van der Waals surface area contributed by atoms with Gasteiger partial charge in [0.1, 0.15) is 0 Å². The number of carbonyl (C=O) groups is 1. The molecule has 4 rings (SSSR count). The van der Waals surface area contributed by atoms with Crippen LogP contribution in [0.15, 0.2) is 33.7 Å². The summed E-state index contributed by atoms with van der Waals surface area (Å²) in [5.41, 5.74) is 0.818. The normalized spacial score (nSPS) is 25.6. The highest BCUT2D eigenvalue weighted by Crippen LogP contribution is 2.44. The highest BCUT2D eigenvalue weighted by molar-refractivity contribution is 7.89. The number of benzene rings is 1. The third-order valence-electron chi connectivity index (χ3n) is 5.82. The van der Waals surface area contributed by atoms with Crippen molar-refractivity contribution in [3.05, 3.63) is 35.5 Å². The standard InChI is InChI=1S/C19H22N2O6S/c1-12-3-4-14(16-7-13(2)20-27-16)8-17(12)28(24,25)21-9-15-10-26-6-5-19(15,11-21)18(22)23/h3-4,7-8,15H,5-6,9-11H2,1-2H3,(H,22,23)/t15-,19+/m1/s1. The van der Waals surface area contributed by atoms with Crippen LogP contribution >= 0.6 is 0 Å². The molecule has 1 aromatic carbocycles. The number of fused-ring (bicyclic) bond motifs is 1. The molecule has 2 aliphatic rings. The highest BCUT2D eigenvalue weighted by Gasteiger charge is 2.56. The van der Waals surface area contributed by atoms with Gasteiger partial charge in [0, 0.05) is 37.2 Å². The number of rotatable bonds is 4. The van der Waals surface area contributed by atoms with E-state index in [0.717, 1.165) is 0 Å². The fourth-order valence-corrected chi connectivity index (χ4v) is 5.91. The summed E-state index contributed by atoms with van der Waals surface area (Å²) < 4.78 is 38.8. The van der Waals surface area contributed by atoms with Crippen molar-refractivity contribution < 1.29 is 27.6 Å². The zero-order valence-corrected chi connectivity index (χ0v) is 16.5. The number of aromatic nitrogens is 1. The number of aryl methyl sites for hydroxylation is 2. The molecule has 0 saturated carbocycles. The van der Waals surface area contributed by atoms with Gasteiger partial charge < -0.3 is 14.4 Å². The molecular weight excluding hydrogens is 384 g/mol. The molecule has 28 heavy (non-hydrogen) atoms. The van der Waals surface area contributed by atoms with Crippen LogP contribution < -0.4 is 0 Å². The van der Waals surface area contributed by atoms with Crippen LogP contribution in [-0.4, -0.2) is 55.3 Å². The van der Waals surface area contributed by atoms with E-state index in [-0.39, 0.29) is 30.5 Å². The molecule has 2 atom stereocenters. The minimum atomic E-state index is -3.87. The first kappa shape index (κ1) is 19.1. The molecule has 0 bridgehead atoms. The third-order valence-corrected chi connectivity index (χ3v) is 7.77. The Morgan fingerprint density at radius 3 is 2.75 bits per heavy atom. The van der Waals surface area contributed by atoms with Gasteiger partial charge in [-0.1, -0.05) is 17.3 Å². The Morgan fingerprint density at radius 1 is 1.32 bits per heavy atom. The molecule has 1 N–H and O–H groups in total. The molecule has 150 valence electrons. The van der Waals surface area contributed by atoms with Crippen LogP contribution in [0.1, 0.15) is 17.7 Å². The SMILES string of the molecule is Cc1cc(-c2ccc(C)c(S(=O)(=O)N3C[C@@H]4COCC[C@]4(C(=O)O)C3)c2)on1. The van der Waals surface area contributed by atoms with Crippen LogP contribution in [-0.2, 0) is 19.6 Å². The Kier molecular flexibility index (Phi) is 4.56. The van der Waals surface area contributed by atoms with Crippen molar-refractivity contribution in [1.82, 2.24) is 9.46 Å². The zero-order chi connectivity index (χ0) is 20.1. The molecule has 1 aromatic heterocycles. The summed E-state index contributed by atoms with van der Waals surface area (Å²) >= 11 is 0. The Bertz CT molecular complexity index is 1030. The molecular formula is C19H22N2O6S. The smallest absolute Gasteiger partial charge is 0.311 e. The molecule has 2 aliphatic heterocycles. The lowest BCUT2D eigenvalue weighted by Gasteiger charge is -2.34. The first-order valence-electron chi connectivity index (χ1n) is 9.10. The number of carboxylic acids is 1. The first-order chi connectivity index (χ1) is 13.2. The maximum Gasteiger partial charge on any atom is 0.311 e. The molecule has 0 spiro atoms. The lowest BCUT2D eigenvalue weighted by Crippen LogP contribution is -2.45. The zero-order valence-electron chi connectivity index (χ0n) is 15.7. The van der Waals surface area contributed by atoms with E-state index < -0.39 is 21.4 Å². The van der Waals surface area contributed by atoms with Crippen molar-refractivity contribution in [3.8, 4) is 11.3 Å². The fourth-order valence-electron chi connectivity index (χ4n) is 4.11. The van der Waals surface area contributed by atoms with E-state index in [2.05, 4.69) is 5.16 Å². The fraction of sp³-hybridized carbons (Fsp3) is 0.474. The Hall–Kier alpha value is -2.23. The molecule has 0 unspecified atom stereocenters. The van der Waals surface area contributed by atoms with Gasteiger partial charge in [0.15, 0.2) is 5.76 Å². The van der Waals surface area contributed by atoms with Crippen molar-refractivity contribution >= 4 is 16.0 Å². The number of hydrogen-bond donors (Lipinski definition) is 1. The lowest BCUT2D eigenvalue weighted by molar-refractivity contribution is -0.157. The maximum absolute atomic E-state index is 13.4. The molecule has 0 aliphatic carbocycles. The van der Waals surface area contributed by atoms with Gasteiger partial charge in [-0.2, -0.15) is 4.31 Å². The minimum absolute atomic E-state index is 0.0379. The second kappa shape index (κ2) is 6.68. The Balaban J connectivity index is 1.72. The number of aliphatic carboxylic acids is 1. The average molecular weight is 406 g/mol. The van der Waals surface area contributed by atoms with E-state index in [1.807, 2.05) is 0 Å². The predicted molar refractivity (Wildman–Crippen MR) is 99.2 cm³/mol. The van der Waals surface area contributed by atoms with Crippen LogP contribution in [0.4, 0.5) is 0 Å². The maximum atomic E-state index is 13.4. The Morgan fingerprint density at radius 2 is 2.11 bits per heavy atom. The summed E-state index contributed by atoms with van der Waals surface area (Å²) in [4.78, 5) is 12.1. The molecule has 3 heterocycles. The largest absolute Gasteiger partial charge is 0.481 e. The summed E-state index contributed by atoms with van der Waals surface area (Å²) in [5.74, 6) is -0.825. The topological polar surface area (TPSA) is 110 Å². The number of sulfonamides is 1. The van der Waals surface area contributed by atoms with Gasteiger partial charge in [-0.3, -0.25) is 4.79 Å². The summed E-state index contributed by atoms with van der Waals surface area (Å²) in [5, 5.41) is 13.7. The number of ether oxygens (including phenoxy) is 1. The van der Waals surface area contributed by atoms with Crippen molar-refractivity contribution in [1.29, 1.82) is 0 Å². The van der Waals surface area contributed by atoms with Crippen LogP contribution in [0.25, 0.3) is 11.3 Å². The van der Waals surface area contributed by atoms with Crippen LogP contribution in [0.5, 0.6) is 0 Å². The molecule has 2 aromatic rings. The summed E-state index contributed by atoms with van der Waals surface area (Å²) in [6.07, 6.45) is 0.315. The number of carboxylic acid groups (broad SMARTS) is 1. The van der Waals surface area contributed by atoms with Crippen LogP contribution in [0.2, 0.25) is 0 Å². The molecule has 9 heteroatoms.